The average Bonchev–Trinajstić information content (AvgIpc) is 3.72. The van der Waals surface area contributed by atoms with Crippen LogP contribution in [0.4, 0.5) is 10.3 Å². The number of amides is 1. The van der Waals surface area contributed by atoms with E-state index in [1.807, 2.05) is 0 Å². The van der Waals surface area contributed by atoms with Crippen molar-refractivity contribution in [2.24, 2.45) is 17.8 Å². The molecule has 2 saturated carbocycles. The molecule has 1 aromatic carbocycles. The van der Waals surface area contributed by atoms with Crippen LogP contribution in [-0.2, 0) is 0 Å². The first kappa shape index (κ1) is 21.4. The van der Waals surface area contributed by atoms with E-state index in [1.165, 1.54) is 25.0 Å². The van der Waals surface area contributed by atoms with E-state index >= 15 is 0 Å². The SMILES string of the molecule is O=C(NC1CC1)c1ccc(OC[C@H]2C[C@@H]2CC2CCN(c3ncc(Cl)cn3)CC2)cc1F. The summed E-state index contributed by atoms with van der Waals surface area (Å²) in [5.74, 6) is 2.33. The maximum atomic E-state index is 14.3. The fraction of sp³-hybridized carbons (Fsp3) is 0.542. The lowest BCUT2D eigenvalue weighted by Crippen LogP contribution is -2.35. The van der Waals surface area contributed by atoms with Crippen molar-refractivity contribution in [3.63, 3.8) is 0 Å². The molecule has 1 amide bonds. The minimum Gasteiger partial charge on any atom is -0.493 e. The highest BCUT2D eigenvalue weighted by Gasteiger charge is 2.39. The zero-order valence-electron chi connectivity index (χ0n) is 18.0. The van der Waals surface area contributed by atoms with Crippen LogP contribution in [0.2, 0.25) is 5.02 Å². The maximum Gasteiger partial charge on any atom is 0.254 e. The third kappa shape index (κ3) is 5.31. The van der Waals surface area contributed by atoms with Crippen molar-refractivity contribution < 1.29 is 13.9 Å². The Hall–Kier alpha value is -2.41. The summed E-state index contributed by atoms with van der Waals surface area (Å²) < 4.78 is 20.1. The van der Waals surface area contributed by atoms with Gasteiger partial charge in [0.05, 0.1) is 29.6 Å². The summed E-state index contributed by atoms with van der Waals surface area (Å²) in [6.07, 6.45) is 9.93. The molecule has 32 heavy (non-hydrogen) atoms. The molecule has 0 bridgehead atoms. The molecular formula is C24H28ClFN4O2. The smallest absolute Gasteiger partial charge is 0.254 e. The summed E-state index contributed by atoms with van der Waals surface area (Å²) in [5.41, 5.74) is 0.0869. The van der Waals surface area contributed by atoms with Crippen molar-refractivity contribution in [3.05, 3.63) is 47.0 Å². The number of aromatic nitrogens is 2. The summed E-state index contributed by atoms with van der Waals surface area (Å²) in [6, 6.07) is 4.75. The number of carbonyl (C=O) groups excluding carboxylic acids is 1. The number of anilines is 1. The van der Waals surface area contributed by atoms with Gasteiger partial charge in [-0.2, -0.15) is 0 Å². The summed E-state index contributed by atoms with van der Waals surface area (Å²) in [6.45, 7) is 2.55. The molecule has 1 aromatic heterocycles. The normalized spacial score (nSPS) is 23.1. The number of hydrogen-bond acceptors (Lipinski definition) is 5. The number of ether oxygens (including phenoxy) is 1. The van der Waals surface area contributed by atoms with Crippen LogP contribution >= 0.6 is 11.6 Å². The Bertz CT molecular complexity index is 961. The minimum atomic E-state index is -0.524. The number of piperidine rings is 1. The Kier molecular flexibility index (Phi) is 6.17. The van der Waals surface area contributed by atoms with E-state index in [-0.39, 0.29) is 17.5 Å². The van der Waals surface area contributed by atoms with E-state index < -0.39 is 5.82 Å². The van der Waals surface area contributed by atoms with Gasteiger partial charge in [0.25, 0.3) is 5.91 Å². The van der Waals surface area contributed by atoms with Crippen LogP contribution in [0.1, 0.15) is 48.9 Å². The second kappa shape index (κ2) is 9.22. The molecule has 1 N–H and O–H groups in total. The molecule has 1 saturated heterocycles. The van der Waals surface area contributed by atoms with Gasteiger partial charge in [-0.15, -0.1) is 0 Å². The molecule has 2 aliphatic carbocycles. The highest BCUT2D eigenvalue weighted by Crippen LogP contribution is 2.45. The van der Waals surface area contributed by atoms with Crippen LogP contribution in [0.3, 0.4) is 0 Å². The fourth-order valence-electron chi connectivity index (χ4n) is 4.53. The van der Waals surface area contributed by atoms with Crippen LogP contribution in [0.25, 0.3) is 0 Å². The lowest BCUT2D eigenvalue weighted by atomic mass is 9.91. The number of rotatable bonds is 8. The van der Waals surface area contributed by atoms with E-state index in [9.17, 15) is 9.18 Å². The molecule has 0 spiro atoms. The van der Waals surface area contributed by atoms with Crippen LogP contribution in [0, 0.1) is 23.6 Å². The van der Waals surface area contributed by atoms with Gasteiger partial charge < -0.3 is 15.0 Å². The predicted octanol–water partition coefficient (Wildman–Crippen LogP) is 4.48. The van der Waals surface area contributed by atoms with Gasteiger partial charge >= 0.3 is 0 Å². The van der Waals surface area contributed by atoms with Crippen LogP contribution in [0.15, 0.2) is 30.6 Å². The van der Waals surface area contributed by atoms with Crippen molar-refractivity contribution in [2.45, 2.75) is 44.6 Å². The number of nitrogens with one attached hydrogen (secondary N) is 1. The van der Waals surface area contributed by atoms with Gasteiger partial charge in [-0.1, -0.05) is 11.6 Å². The highest BCUT2D eigenvalue weighted by atomic mass is 35.5. The van der Waals surface area contributed by atoms with E-state index in [2.05, 4.69) is 20.2 Å². The molecule has 170 valence electrons. The molecular weight excluding hydrogens is 431 g/mol. The lowest BCUT2D eigenvalue weighted by molar-refractivity contribution is 0.0947. The zero-order valence-corrected chi connectivity index (χ0v) is 18.7. The Morgan fingerprint density at radius 1 is 1.16 bits per heavy atom. The van der Waals surface area contributed by atoms with Gasteiger partial charge in [-0.25, -0.2) is 14.4 Å². The van der Waals surface area contributed by atoms with Crippen molar-refractivity contribution >= 4 is 23.5 Å². The summed E-state index contributed by atoms with van der Waals surface area (Å²) in [7, 11) is 0. The van der Waals surface area contributed by atoms with Gasteiger partial charge in [-0.3, -0.25) is 4.79 Å². The van der Waals surface area contributed by atoms with Crippen LogP contribution in [0.5, 0.6) is 5.75 Å². The zero-order chi connectivity index (χ0) is 22.1. The first-order valence-electron chi connectivity index (χ1n) is 11.5. The third-order valence-electron chi connectivity index (χ3n) is 6.77. The highest BCUT2D eigenvalue weighted by molar-refractivity contribution is 6.30. The van der Waals surface area contributed by atoms with Crippen molar-refractivity contribution in [3.8, 4) is 5.75 Å². The summed E-state index contributed by atoms with van der Waals surface area (Å²) in [4.78, 5) is 22.9. The minimum absolute atomic E-state index is 0.0869. The predicted molar refractivity (Wildman–Crippen MR) is 121 cm³/mol. The fourth-order valence-corrected chi connectivity index (χ4v) is 4.63. The van der Waals surface area contributed by atoms with Gasteiger partial charge in [0.1, 0.15) is 11.6 Å². The molecule has 5 rings (SSSR count). The molecule has 8 heteroatoms. The second-order valence-electron chi connectivity index (χ2n) is 9.32. The van der Waals surface area contributed by atoms with Gasteiger partial charge in [-0.05, 0) is 68.4 Å². The number of halogens is 2. The molecule has 1 aliphatic heterocycles. The third-order valence-corrected chi connectivity index (χ3v) is 6.97. The molecule has 0 unspecified atom stereocenters. The van der Waals surface area contributed by atoms with E-state index in [0.717, 1.165) is 50.6 Å². The Balaban J connectivity index is 1.03. The molecule has 2 aromatic rings. The molecule has 6 nitrogen and oxygen atoms in total. The lowest BCUT2D eigenvalue weighted by Gasteiger charge is -2.32. The van der Waals surface area contributed by atoms with Gasteiger partial charge in [0.15, 0.2) is 0 Å². The first-order valence-corrected chi connectivity index (χ1v) is 11.9. The van der Waals surface area contributed by atoms with Gasteiger partial charge in [0, 0.05) is 25.2 Å². The summed E-state index contributed by atoms with van der Waals surface area (Å²) >= 11 is 5.87. The Labute approximate surface area is 192 Å². The second-order valence-corrected chi connectivity index (χ2v) is 9.76. The van der Waals surface area contributed by atoms with E-state index in [1.54, 1.807) is 18.5 Å². The molecule has 3 fully saturated rings. The van der Waals surface area contributed by atoms with Crippen molar-refractivity contribution in [1.82, 2.24) is 15.3 Å². The quantitative estimate of drug-likeness (QED) is 0.631. The van der Waals surface area contributed by atoms with Crippen LogP contribution in [-0.4, -0.2) is 41.6 Å². The van der Waals surface area contributed by atoms with Gasteiger partial charge in [0.2, 0.25) is 5.95 Å². The summed E-state index contributed by atoms with van der Waals surface area (Å²) in [5, 5.41) is 3.37. The number of benzene rings is 1. The average molecular weight is 459 g/mol. The van der Waals surface area contributed by atoms with Crippen molar-refractivity contribution in [1.29, 1.82) is 0 Å². The molecule has 3 aliphatic rings. The topological polar surface area (TPSA) is 67.3 Å². The first-order chi connectivity index (χ1) is 15.5. The molecule has 2 atom stereocenters. The number of nitrogens with zero attached hydrogens (tertiary/aromatic N) is 3. The van der Waals surface area contributed by atoms with Crippen LogP contribution < -0.4 is 15.0 Å². The molecule has 2 heterocycles. The van der Waals surface area contributed by atoms with Crippen molar-refractivity contribution in [2.75, 3.05) is 24.6 Å². The Morgan fingerprint density at radius 2 is 1.91 bits per heavy atom. The maximum absolute atomic E-state index is 14.3. The largest absolute Gasteiger partial charge is 0.493 e. The standard InChI is InChI=1S/C24H28ClFN4O2/c25-18-12-27-24(28-13-18)30-7-5-15(6-8-30)9-16-10-17(16)14-32-20-3-4-21(22(26)11-20)23(31)29-19-1-2-19/h3-4,11-13,15-17,19H,1-2,5-10,14H2,(H,29,31)/t16-,17+/m0/s1. The van der Waals surface area contributed by atoms with E-state index in [4.69, 9.17) is 16.3 Å². The number of hydrogen-bond donors (Lipinski definition) is 1. The van der Waals surface area contributed by atoms with E-state index in [0.29, 0.717) is 29.2 Å². The molecule has 0 radical (unpaired) electrons. The number of carbonyl (C=O) groups is 1. The Morgan fingerprint density at radius 3 is 2.59 bits per heavy atom. The monoisotopic (exact) mass is 458 g/mol.